The number of fused-ring (bicyclic) bond motifs is 1. The zero-order chi connectivity index (χ0) is 27.4. The van der Waals surface area contributed by atoms with Gasteiger partial charge in [-0.05, 0) is 68.5 Å². The van der Waals surface area contributed by atoms with Crippen molar-refractivity contribution in [2.24, 2.45) is 5.41 Å². The van der Waals surface area contributed by atoms with Gasteiger partial charge in [0, 0.05) is 41.3 Å². The summed E-state index contributed by atoms with van der Waals surface area (Å²) in [4.78, 5) is 41.9. The van der Waals surface area contributed by atoms with Crippen LogP contribution in [0.25, 0.3) is 10.9 Å². The van der Waals surface area contributed by atoms with Crippen molar-refractivity contribution in [2.45, 2.75) is 50.1 Å². The van der Waals surface area contributed by atoms with Crippen LogP contribution in [0, 0.1) is 5.41 Å². The molecule has 0 atom stereocenters. The van der Waals surface area contributed by atoms with Gasteiger partial charge in [0.2, 0.25) is 17.7 Å². The molecule has 2 aromatic carbocycles. The summed E-state index contributed by atoms with van der Waals surface area (Å²) in [6.45, 7) is 1.50. The van der Waals surface area contributed by atoms with E-state index in [1.54, 1.807) is 56.8 Å². The van der Waals surface area contributed by atoms with Crippen LogP contribution in [0.2, 0.25) is 0 Å². The lowest BCUT2D eigenvalue weighted by Gasteiger charge is -2.70. The second-order valence-corrected chi connectivity index (χ2v) is 10.9. The fourth-order valence-corrected chi connectivity index (χ4v) is 5.99. The molecule has 1 heterocycles. The molecule has 39 heavy (non-hydrogen) atoms. The van der Waals surface area contributed by atoms with Crippen molar-refractivity contribution in [3.05, 3.63) is 48.7 Å². The Morgan fingerprint density at radius 3 is 2.08 bits per heavy atom. The van der Waals surface area contributed by atoms with Crippen molar-refractivity contribution in [1.82, 2.24) is 15.6 Å². The van der Waals surface area contributed by atoms with Crippen molar-refractivity contribution in [3.8, 4) is 23.0 Å². The standard InChI is InChI=1S/C29H30N4O6/c1-17(34)32-27-14-28(15-27,16-27)33-26(36)29(9-10-29)25(35)31-18-4-6-19(7-5-18)39-22-8-11-30-21-13-24(38-3)23(37-2)12-20(21)22/h4-8,11-13H,9-10,14-16H2,1-3H3,(H,31,35)(H,32,34)(H,33,36). The zero-order valence-corrected chi connectivity index (χ0v) is 22.1. The molecule has 1 aromatic heterocycles. The van der Waals surface area contributed by atoms with Gasteiger partial charge in [0.15, 0.2) is 11.5 Å². The Labute approximate surface area is 225 Å². The van der Waals surface area contributed by atoms with E-state index in [4.69, 9.17) is 14.2 Å². The lowest BCUT2D eigenvalue weighted by Crippen LogP contribution is -2.84. The number of nitrogens with zero attached hydrogens (tertiary/aromatic N) is 1. The molecule has 0 aliphatic heterocycles. The average Bonchev–Trinajstić information content (AvgIpc) is 3.69. The number of aromatic nitrogens is 1. The third-order valence-electron chi connectivity index (χ3n) is 8.02. The number of carbonyl (C=O) groups excluding carboxylic acids is 3. The van der Waals surface area contributed by atoms with E-state index in [2.05, 4.69) is 20.9 Å². The van der Waals surface area contributed by atoms with Crippen molar-refractivity contribution in [2.75, 3.05) is 19.5 Å². The number of ether oxygens (including phenoxy) is 3. The molecule has 202 valence electrons. The first kappa shape index (κ1) is 25.0. The Morgan fingerprint density at radius 2 is 1.46 bits per heavy atom. The van der Waals surface area contributed by atoms with Crippen LogP contribution in [0.1, 0.15) is 39.0 Å². The molecule has 3 amide bonds. The largest absolute Gasteiger partial charge is 0.493 e. The number of amides is 3. The number of benzene rings is 2. The summed E-state index contributed by atoms with van der Waals surface area (Å²) < 4.78 is 16.9. The van der Waals surface area contributed by atoms with Gasteiger partial charge in [0.25, 0.3) is 0 Å². The highest BCUT2D eigenvalue weighted by Gasteiger charge is 2.70. The van der Waals surface area contributed by atoms with Crippen LogP contribution in [0.15, 0.2) is 48.7 Å². The Bertz CT molecular complexity index is 1480. The molecule has 7 rings (SSSR count). The van der Waals surface area contributed by atoms with Crippen molar-refractivity contribution < 1.29 is 28.6 Å². The van der Waals surface area contributed by atoms with Crippen molar-refractivity contribution >= 4 is 34.3 Å². The van der Waals surface area contributed by atoms with Crippen LogP contribution in [0.3, 0.4) is 0 Å². The van der Waals surface area contributed by atoms with Crippen LogP contribution in [-0.4, -0.2) is 48.0 Å². The highest BCUT2D eigenvalue weighted by Crippen LogP contribution is 2.61. The van der Waals surface area contributed by atoms with E-state index in [9.17, 15) is 14.4 Å². The summed E-state index contributed by atoms with van der Waals surface area (Å²) in [6, 6.07) is 12.4. The molecule has 0 radical (unpaired) electrons. The number of nitrogens with one attached hydrogen (secondary N) is 3. The first-order valence-electron chi connectivity index (χ1n) is 12.9. The predicted molar refractivity (Wildman–Crippen MR) is 143 cm³/mol. The summed E-state index contributed by atoms with van der Waals surface area (Å²) in [5.41, 5.74) is -0.231. The molecule has 0 unspecified atom stereocenters. The quantitative estimate of drug-likeness (QED) is 0.360. The van der Waals surface area contributed by atoms with Gasteiger partial charge in [0.1, 0.15) is 16.9 Å². The van der Waals surface area contributed by atoms with E-state index in [0.29, 0.717) is 47.0 Å². The molecule has 4 saturated carbocycles. The molecular formula is C29H30N4O6. The molecule has 4 aliphatic carbocycles. The van der Waals surface area contributed by atoms with Gasteiger partial charge in [-0.1, -0.05) is 0 Å². The van der Waals surface area contributed by atoms with Crippen LogP contribution >= 0.6 is 0 Å². The van der Waals surface area contributed by atoms with Gasteiger partial charge in [-0.2, -0.15) is 0 Å². The summed E-state index contributed by atoms with van der Waals surface area (Å²) in [5.74, 6) is 1.73. The highest BCUT2D eigenvalue weighted by molar-refractivity contribution is 6.13. The van der Waals surface area contributed by atoms with Gasteiger partial charge >= 0.3 is 0 Å². The smallest absolute Gasteiger partial charge is 0.240 e. The second-order valence-electron chi connectivity index (χ2n) is 10.9. The molecule has 4 fully saturated rings. The van der Waals surface area contributed by atoms with Crippen LogP contribution in [0.5, 0.6) is 23.0 Å². The lowest BCUT2D eigenvalue weighted by molar-refractivity contribution is -0.152. The molecule has 0 spiro atoms. The Hall–Kier alpha value is -4.34. The molecule has 4 aliphatic rings. The maximum Gasteiger partial charge on any atom is 0.240 e. The first-order valence-corrected chi connectivity index (χ1v) is 12.9. The van der Waals surface area contributed by atoms with Crippen LogP contribution < -0.4 is 30.2 Å². The summed E-state index contributed by atoms with van der Waals surface area (Å²) >= 11 is 0. The molecule has 2 bridgehead atoms. The van der Waals surface area contributed by atoms with Crippen LogP contribution in [-0.2, 0) is 14.4 Å². The summed E-state index contributed by atoms with van der Waals surface area (Å²) in [6.07, 6.45) is 4.85. The Kier molecular flexibility index (Phi) is 5.67. The minimum atomic E-state index is -1.04. The van der Waals surface area contributed by atoms with Gasteiger partial charge in [0.05, 0.1) is 19.7 Å². The molecule has 3 N–H and O–H groups in total. The lowest BCUT2D eigenvalue weighted by atomic mass is 9.44. The normalized spacial score (nSPS) is 23.5. The number of pyridine rings is 1. The monoisotopic (exact) mass is 530 g/mol. The van der Waals surface area contributed by atoms with E-state index in [-0.39, 0.29) is 28.8 Å². The second kappa shape index (κ2) is 8.86. The molecule has 10 nitrogen and oxygen atoms in total. The zero-order valence-electron chi connectivity index (χ0n) is 22.1. The topological polar surface area (TPSA) is 128 Å². The average molecular weight is 531 g/mol. The number of hydrogen-bond acceptors (Lipinski definition) is 7. The summed E-state index contributed by atoms with van der Waals surface area (Å²) in [5, 5.41) is 9.73. The predicted octanol–water partition coefficient (Wildman–Crippen LogP) is 3.69. The number of methoxy groups -OCH3 is 2. The van der Waals surface area contributed by atoms with Gasteiger partial charge < -0.3 is 30.2 Å². The fraction of sp³-hybridized carbons (Fsp3) is 0.379. The number of rotatable bonds is 9. The molecule has 10 heteroatoms. The van der Waals surface area contributed by atoms with Crippen molar-refractivity contribution in [3.63, 3.8) is 0 Å². The Morgan fingerprint density at radius 1 is 0.821 bits per heavy atom. The van der Waals surface area contributed by atoms with E-state index < -0.39 is 5.41 Å². The maximum atomic E-state index is 13.1. The van der Waals surface area contributed by atoms with E-state index in [1.807, 2.05) is 6.07 Å². The van der Waals surface area contributed by atoms with Gasteiger partial charge in [-0.25, -0.2) is 0 Å². The highest BCUT2D eigenvalue weighted by atomic mass is 16.5. The molecule has 3 aromatic rings. The maximum absolute atomic E-state index is 13.1. The number of carbonyl (C=O) groups is 3. The van der Waals surface area contributed by atoms with Gasteiger partial charge in [-0.3, -0.25) is 19.4 Å². The van der Waals surface area contributed by atoms with E-state index >= 15 is 0 Å². The fourth-order valence-electron chi connectivity index (χ4n) is 5.99. The van der Waals surface area contributed by atoms with Gasteiger partial charge in [-0.15, -0.1) is 0 Å². The minimum Gasteiger partial charge on any atom is -0.493 e. The molecular weight excluding hydrogens is 500 g/mol. The number of anilines is 1. The minimum absolute atomic E-state index is 0.0564. The van der Waals surface area contributed by atoms with Crippen molar-refractivity contribution in [1.29, 1.82) is 0 Å². The van der Waals surface area contributed by atoms with Crippen LogP contribution in [0.4, 0.5) is 5.69 Å². The Balaban J connectivity index is 1.09. The number of hydrogen-bond donors (Lipinski definition) is 3. The third kappa shape index (κ3) is 4.29. The van der Waals surface area contributed by atoms with E-state index in [1.165, 1.54) is 6.92 Å². The SMILES string of the molecule is COc1cc2nccc(Oc3ccc(NC(=O)C4(C(=O)NC56CC(NC(C)=O)(C5)C6)CC4)cc3)c2cc1OC. The third-order valence-corrected chi connectivity index (χ3v) is 8.02. The summed E-state index contributed by atoms with van der Waals surface area (Å²) in [7, 11) is 3.14. The first-order chi connectivity index (χ1) is 18.7. The molecule has 0 saturated heterocycles. The van der Waals surface area contributed by atoms with E-state index in [0.717, 1.165) is 24.6 Å².